The summed E-state index contributed by atoms with van der Waals surface area (Å²) in [5.41, 5.74) is 1.65. The first-order chi connectivity index (χ1) is 13.3. The normalized spacial score (nSPS) is 25.8. The Morgan fingerprint density at radius 3 is 2.21 bits per heavy atom. The smallest absolute Gasteiger partial charge is 0.184 e. The van der Waals surface area contributed by atoms with Crippen molar-refractivity contribution >= 4 is 26.4 Å². The van der Waals surface area contributed by atoms with Crippen molar-refractivity contribution in [3.8, 4) is 0 Å². The number of Topliss-reactive ketones (excluding diaryl/α,β-unsaturated/α-hetero) is 1. The van der Waals surface area contributed by atoms with E-state index in [1.54, 1.807) is 12.1 Å². The lowest BCUT2D eigenvalue weighted by molar-refractivity contribution is -0.0791. The molecule has 3 aliphatic rings. The van der Waals surface area contributed by atoms with Gasteiger partial charge in [0.15, 0.2) is 15.6 Å². The molecule has 0 spiro atoms. The number of hydrogen-bond acceptors (Lipinski definition) is 3. The summed E-state index contributed by atoms with van der Waals surface area (Å²) in [6, 6.07) is 20.9. The number of carbonyl (C=O) groups excluding carboxylic acids is 1. The molecular weight excluding hydrogens is 368 g/mol. The minimum atomic E-state index is -3.33. The number of rotatable bonds is 5. The fourth-order valence-corrected chi connectivity index (χ4v) is 7.62. The first kappa shape index (κ1) is 17.6. The molecule has 3 aliphatic carbocycles. The van der Waals surface area contributed by atoms with Gasteiger partial charge in [-0.15, -0.1) is 0 Å². The van der Waals surface area contributed by atoms with E-state index >= 15 is 0 Å². The zero-order valence-electron chi connectivity index (χ0n) is 15.8. The van der Waals surface area contributed by atoms with Gasteiger partial charge in [-0.2, -0.15) is 0 Å². The van der Waals surface area contributed by atoms with E-state index in [1.165, 1.54) is 0 Å². The standard InChI is InChI=1S/C24H22O3S/c1-17-6-10-21(11-7-17)28(26,27)24-14-23(15-24,16-24)13-22(25)20-9-8-18-4-2-3-5-19(18)12-20/h2-12H,13-16H2,1H3. The van der Waals surface area contributed by atoms with Gasteiger partial charge in [-0.25, -0.2) is 8.42 Å². The highest BCUT2D eigenvalue weighted by Crippen LogP contribution is 2.73. The summed E-state index contributed by atoms with van der Waals surface area (Å²) in [5, 5.41) is 2.18. The first-order valence-electron chi connectivity index (χ1n) is 9.66. The van der Waals surface area contributed by atoms with E-state index in [4.69, 9.17) is 0 Å². The van der Waals surface area contributed by atoms with Gasteiger partial charge in [0.2, 0.25) is 0 Å². The van der Waals surface area contributed by atoms with Crippen LogP contribution in [-0.2, 0) is 9.84 Å². The third-order valence-corrected chi connectivity index (χ3v) is 9.07. The number of fused-ring (bicyclic) bond motifs is 1. The third-order valence-electron chi connectivity index (χ3n) is 6.60. The number of sulfone groups is 1. The Hall–Kier alpha value is -2.46. The Bertz CT molecular complexity index is 1190. The zero-order chi connectivity index (χ0) is 19.6. The monoisotopic (exact) mass is 390 g/mol. The fourth-order valence-electron chi connectivity index (χ4n) is 5.14. The van der Waals surface area contributed by atoms with E-state index in [0.717, 1.165) is 21.9 Å². The molecule has 0 atom stereocenters. The van der Waals surface area contributed by atoms with Gasteiger partial charge in [0.05, 0.1) is 9.64 Å². The van der Waals surface area contributed by atoms with E-state index < -0.39 is 14.6 Å². The Kier molecular flexibility index (Phi) is 3.63. The van der Waals surface area contributed by atoms with Gasteiger partial charge in [0.1, 0.15) is 0 Å². The van der Waals surface area contributed by atoms with Crippen LogP contribution < -0.4 is 0 Å². The number of benzene rings is 3. The molecule has 0 aliphatic heterocycles. The lowest BCUT2D eigenvalue weighted by Crippen LogP contribution is -2.70. The van der Waals surface area contributed by atoms with E-state index in [0.29, 0.717) is 30.6 Å². The van der Waals surface area contributed by atoms with Crippen LogP contribution in [0.1, 0.15) is 41.6 Å². The van der Waals surface area contributed by atoms with E-state index in [-0.39, 0.29) is 11.2 Å². The van der Waals surface area contributed by atoms with Crippen LogP contribution in [0, 0.1) is 12.3 Å². The van der Waals surface area contributed by atoms with Crippen LogP contribution in [0.4, 0.5) is 0 Å². The maximum absolute atomic E-state index is 13.0. The number of aryl methyl sites for hydroxylation is 1. The van der Waals surface area contributed by atoms with Crippen LogP contribution in [-0.4, -0.2) is 18.9 Å². The highest BCUT2D eigenvalue weighted by molar-refractivity contribution is 7.93. The molecule has 2 bridgehead atoms. The molecule has 3 nitrogen and oxygen atoms in total. The molecule has 4 heteroatoms. The highest BCUT2D eigenvalue weighted by Gasteiger charge is 2.74. The quantitative estimate of drug-likeness (QED) is 0.568. The molecule has 3 aromatic rings. The van der Waals surface area contributed by atoms with Gasteiger partial charge in [0.25, 0.3) is 0 Å². The Morgan fingerprint density at radius 1 is 0.893 bits per heavy atom. The van der Waals surface area contributed by atoms with Crippen LogP contribution in [0.25, 0.3) is 10.8 Å². The van der Waals surface area contributed by atoms with Gasteiger partial charge in [-0.05, 0) is 60.6 Å². The van der Waals surface area contributed by atoms with Crippen molar-refractivity contribution in [2.45, 2.75) is 42.2 Å². The number of hydrogen-bond donors (Lipinski definition) is 0. The maximum atomic E-state index is 13.0. The molecule has 0 radical (unpaired) electrons. The maximum Gasteiger partial charge on any atom is 0.184 e. The fraction of sp³-hybridized carbons (Fsp3) is 0.292. The van der Waals surface area contributed by atoms with E-state index in [2.05, 4.69) is 0 Å². The first-order valence-corrected chi connectivity index (χ1v) is 11.1. The molecular formula is C24H22O3S. The van der Waals surface area contributed by atoms with Gasteiger partial charge in [-0.3, -0.25) is 4.79 Å². The second-order valence-corrected chi connectivity index (χ2v) is 11.0. The average Bonchev–Trinajstić information content (AvgIpc) is 2.63. The summed E-state index contributed by atoms with van der Waals surface area (Å²) in [7, 11) is -3.33. The van der Waals surface area contributed by atoms with Crippen molar-refractivity contribution in [1.29, 1.82) is 0 Å². The second-order valence-electron chi connectivity index (χ2n) is 8.69. The van der Waals surface area contributed by atoms with Crippen LogP contribution in [0.3, 0.4) is 0 Å². The van der Waals surface area contributed by atoms with Crippen LogP contribution in [0.5, 0.6) is 0 Å². The number of carbonyl (C=O) groups is 1. The molecule has 0 N–H and O–H groups in total. The molecule has 0 unspecified atom stereocenters. The summed E-state index contributed by atoms with van der Waals surface area (Å²) < 4.78 is 25.4. The van der Waals surface area contributed by atoms with Crippen LogP contribution in [0.2, 0.25) is 0 Å². The lowest BCUT2D eigenvalue weighted by atomic mass is 9.42. The average molecular weight is 391 g/mol. The molecule has 28 heavy (non-hydrogen) atoms. The van der Waals surface area contributed by atoms with Crippen molar-refractivity contribution < 1.29 is 13.2 Å². The summed E-state index contributed by atoms with van der Waals surface area (Å²) in [5.74, 6) is 0.117. The Morgan fingerprint density at radius 2 is 1.54 bits per heavy atom. The van der Waals surface area contributed by atoms with Crippen molar-refractivity contribution in [1.82, 2.24) is 0 Å². The minimum Gasteiger partial charge on any atom is -0.294 e. The van der Waals surface area contributed by atoms with Gasteiger partial charge >= 0.3 is 0 Å². The van der Waals surface area contributed by atoms with Crippen molar-refractivity contribution in [2.75, 3.05) is 0 Å². The van der Waals surface area contributed by atoms with Crippen LogP contribution >= 0.6 is 0 Å². The van der Waals surface area contributed by atoms with Crippen LogP contribution in [0.15, 0.2) is 71.6 Å². The molecule has 3 aromatic carbocycles. The Labute approximate surface area is 165 Å². The lowest BCUT2D eigenvalue weighted by Gasteiger charge is -2.69. The van der Waals surface area contributed by atoms with Crippen molar-refractivity contribution in [2.24, 2.45) is 5.41 Å². The van der Waals surface area contributed by atoms with Gasteiger partial charge in [-0.1, -0.05) is 54.1 Å². The molecule has 6 rings (SSSR count). The summed E-state index contributed by atoms with van der Waals surface area (Å²) in [4.78, 5) is 13.2. The topological polar surface area (TPSA) is 51.2 Å². The summed E-state index contributed by atoms with van der Waals surface area (Å²) in [6.45, 7) is 1.95. The minimum absolute atomic E-state index is 0.117. The van der Waals surface area contributed by atoms with E-state index in [9.17, 15) is 13.2 Å². The van der Waals surface area contributed by atoms with Crippen molar-refractivity contribution in [3.63, 3.8) is 0 Å². The summed E-state index contributed by atoms with van der Waals surface area (Å²) in [6.07, 6.45) is 2.26. The third kappa shape index (κ3) is 2.47. The van der Waals surface area contributed by atoms with Gasteiger partial charge < -0.3 is 0 Å². The molecule has 0 saturated heterocycles. The predicted molar refractivity (Wildman–Crippen MR) is 110 cm³/mol. The predicted octanol–water partition coefficient (Wildman–Crippen LogP) is 5.12. The molecule has 142 valence electrons. The second kappa shape index (κ2) is 5.77. The summed E-state index contributed by atoms with van der Waals surface area (Å²) >= 11 is 0. The molecule has 0 heterocycles. The molecule has 3 fully saturated rings. The molecule has 3 saturated carbocycles. The zero-order valence-corrected chi connectivity index (χ0v) is 16.6. The van der Waals surface area contributed by atoms with Gasteiger partial charge in [0, 0.05) is 12.0 Å². The van der Waals surface area contributed by atoms with Crippen molar-refractivity contribution in [3.05, 3.63) is 77.9 Å². The highest BCUT2D eigenvalue weighted by atomic mass is 32.2. The largest absolute Gasteiger partial charge is 0.294 e. The Balaban J connectivity index is 1.31. The van der Waals surface area contributed by atoms with E-state index in [1.807, 2.05) is 61.5 Å². The molecule has 0 amide bonds. The molecule has 0 aromatic heterocycles. The SMILES string of the molecule is Cc1ccc(S(=O)(=O)C23CC(CC(=O)c4ccc5ccccc5c4)(C2)C3)cc1. The number of ketones is 1.